The quantitative estimate of drug-likeness (QED) is 0.777. The summed E-state index contributed by atoms with van der Waals surface area (Å²) in [6, 6.07) is 1.92. The van der Waals surface area contributed by atoms with Crippen molar-refractivity contribution < 1.29 is 9.53 Å². The van der Waals surface area contributed by atoms with Gasteiger partial charge >= 0.3 is 0 Å². The molecule has 0 saturated heterocycles. The minimum absolute atomic E-state index is 0.0168. The third-order valence-electron chi connectivity index (χ3n) is 4.53. The number of carbonyl (C=O) groups is 1. The Bertz CT molecular complexity index is 962. The average molecular weight is 360 g/mol. The van der Waals surface area contributed by atoms with Crippen molar-refractivity contribution >= 4 is 28.4 Å². The first-order valence-electron chi connectivity index (χ1n) is 8.03. The molecule has 1 aliphatic heterocycles. The zero-order valence-electron chi connectivity index (χ0n) is 14.0. The number of nitrogens with zero attached hydrogens (tertiary/aromatic N) is 4. The van der Waals surface area contributed by atoms with Gasteiger partial charge in [0.1, 0.15) is 18.0 Å². The number of rotatable bonds is 3. The van der Waals surface area contributed by atoms with E-state index in [2.05, 4.69) is 15.1 Å². The van der Waals surface area contributed by atoms with Crippen molar-refractivity contribution in [3.05, 3.63) is 34.7 Å². The number of hydrogen-bond donors (Lipinski definition) is 1. The Morgan fingerprint density at radius 2 is 2.32 bits per heavy atom. The van der Waals surface area contributed by atoms with Crippen LogP contribution in [0.15, 0.2) is 18.5 Å². The van der Waals surface area contributed by atoms with Crippen molar-refractivity contribution in [3.63, 3.8) is 0 Å². The molecule has 3 aromatic heterocycles. The third kappa shape index (κ3) is 2.69. The van der Waals surface area contributed by atoms with Crippen LogP contribution < -0.4 is 0 Å². The highest BCUT2D eigenvalue weighted by Gasteiger charge is 2.27. The SMILES string of the molecule is COCC(=O)N1CCc2[nH]c3c(Cl)cnc(-c4ccn(C)n4)c3c2C1. The lowest BCUT2D eigenvalue weighted by Gasteiger charge is -2.27. The molecule has 0 radical (unpaired) electrons. The van der Waals surface area contributed by atoms with E-state index < -0.39 is 0 Å². The lowest BCUT2D eigenvalue weighted by atomic mass is 10.0. The van der Waals surface area contributed by atoms with Gasteiger partial charge in [-0.25, -0.2) is 0 Å². The lowest BCUT2D eigenvalue weighted by Crippen LogP contribution is -2.37. The van der Waals surface area contributed by atoms with Crippen LogP contribution in [0.4, 0.5) is 0 Å². The Labute approximate surface area is 149 Å². The van der Waals surface area contributed by atoms with E-state index in [-0.39, 0.29) is 12.5 Å². The Balaban J connectivity index is 1.86. The van der Waals surface area contributed by atoms with Gasteiger partial charge in [0, 0.05) is 62.7 Å². The summed E-state index contributed by atoms with van der Waals surface area (Å²) in [5.74, 6) is -0.0168. The van der Waals surface area contributed by atoms with Crippen LogP contribution in [0.5, 0.6) is 0 Å². The fraction of sp³-hybridized carbons (Fsp3) is 0.353. The van der Waals surface area contributed by atoms with Crippen molar-refractivity contribution in [1.29, 1.82) is 0 Å². The van der Waals surface area contributed by atoms with Crippen LogP contribution in [-0.2, 0) is 29.5 Å². The highest BCUT2D eigenvalue weighted by atomic mass is 35.5. The Morgan fingerprint density at radius 3 is 3.04 bits per heavy atom. The van der Waals surface area contributed by atoms with Crippen molar-refractivity contribution in [1.82, 2.24) is 24.6 Å². The van der Waals surface area contributed by atoms with Crippen LogP contribution >= 0.6 is 11.6 Å². The number of hydrogen-bond acceptors (Lipinski definition) is 4. The monoisotopic (exact) mass is 359 g/mol. The summed E-state index contributed by atoms with van der Waals surface area (Å²) in [5, 5.41) is 5.98. The second-order valence-corrected chi connectivity index (χ2v) is 6.57. The predicted molar refractivity (Wildman–Crippen MR) is 94.3 cm³/mol. The van der Waals surface area contributed by atoms with E-state index in [1.165, 1.54) is 7.11 Å². The van der Waals surface area contributed by atoms with Crippen LogP contribution in [0.3, 0.4) is 0 Å². The highest BCUT2D eigenvalue weighted by molar-refractivity contribution is 6.35. The number of methoxy groups -OCH3 is 1. The van der Waals surface area contributed by atoms with Crippen LogP contribution in [0.2, 0.25) is 5.02 Å². The second kappa shape index (κ2) is 6.16. The molecule has 0 aromatic carbocycles. The van der Waals surface area contributed by atoms with Crippen molar-refractivity contribution in [2.45, 2.75) is 13.0 Å². The molecular weight excluding hydrogens is 342 g/mol. The van der Waals surface area contributed by atoms with Crippen LogP contribution in [0, 0.1) is 0 Å². The van der Waals surface area contributed by atoms with E-state index in [0.29, 0.717) is 18.1 Å². The number of amides is 1. The third-order valence-corrected chi connectivity index (χ3v) is 4.82. The molecular formula is C17H18ClN5O2. The summed E-state index contributed by atoms with van der Waals surface area (Å²) in [6.07, 6.45) is 4.27. The van der Waals surface area contributed by atoms with Crippen LogP contribution in [0.25, 0.3) is 22.3 Å². The zero-order chi connectivity index (χ0) is 17.6. The molecule has 4 heterocycles. The predicted octanol–water partition coefficient (Wildman–Crippen LogP) is 2.15. The molecule has 0 bridgehead atoms. The summed E-state index contributed by atoms with van der Waals surface area (Å²) in [6.45, 7) is 1.26. The van der Waals surface area contributed by atoms with Gasteiger partial charge in [0.15, 0.2) is 0 Å². The molecule has 0 fully saturated rings. The second-order valence-electron chi connectivity index (χ2n) is 6.16. The minimum atomic E-state index is -0.0168. The molecule has 7 nitrogen and oxygen atoms in total. The van der Waals surface area contributed by atoms with Crippen LogP contribution in [-0.4, -0.2) is 50.8 Å². The van der Waals surface area contributed by atoms with Gasteiger partial charge in [-0.3, -0.25) is 14.5 Å². The molecule has 1 aliphatic rings. The Morgan fingerprint density at radius 1 is 1.48 bits per heavy atom. The van der Waals surface area contributed by atoms with Gasteiger partial charge in [0.2, 0.25) is 5.91 Å². The van der Waals surface area contributed by atoms with E-state index in [9.17, 15) is 4.79 Å². The zero-order valence-corrected chi connectivity index (χ0v) is 14.8. The molecule has 130 valence electrons. The fourth-order valence-electron chi connectivity index (χ4n) is 3.35. The van der Waals surface area contributed by atoms with Crippen molar-refractivity contribution in [2.24, 2.45) is 7.05 Å². The normalized spacial score (nSPS) is 14.1. The Kier molecular flexibility index (Phi) is 3.97. The first-order valence-corrected chi connectivity index (χ1v) is 8.41. The molecule has 0 aliphatic carbocycles. The van der Waals surface area contributed by atoms with Crippen molar-refractivity contribution in [2.75, 3.05) is 20.3 Å². The molecule has 25 heavy (non-hydrogen) atoms. The smallest absolute Gasteiger partial charge is 0.248 e. The maximum atomic E-state index is 12.2. The van der Waals surface area contributed by atoms with Gasteiger partial charge in [0.05, 0.1) is 10.5 Å². The number of aromatic amines is 1. The van der Waals surface area contributed by atoms with E-state index in [1.54, 1.807) is 10.9 Å². The molecule has 0 spiro atoms. The minimum Gasteiger partial charge on any atom is -0.375 e. The standard InChI is InChI=1S/C17H18ClN5O2/c1-22-5-3-13(21-22)17-15-10-8-23(14(24)9-25-2)6-4-12(10)20-16(15)11(18)7-19-17/h3,5,7,20H,4,6,8-9H2,1-2H3. The maximum Gasteiger partial charge on any atom is 0.248 e. The fourth-order valence-corrected chi connectivity index (χ4v) is 3.54. The van der Waals surface area contributed by atoms with Gasteiger partial charge in [0.25, 0.3) is 0 Å². The summed E-state index contributed by atoms with van der Waals surface area (Å²) in [5.41, 5.74) is 4.57. The van der Waals surface area contributed by atoms with E-state index >= 15 is 0 Å². The van der Waals surface area contributed by atoms with E-state index in [0.717, 1.165) is 40.0 Å². The largest absolute Gasteiger partial charge is 0.375 e. The van der Waals surface area contributed by atoms with Gasteiger partial charge in [-0.05, 0) is 6.07 Å². The van der Waals surface area contributed by atoms with Gasteiger partial charge in [-0.15, -0.1) is 0 Å². The summed E-state index contributed by atoms with van der Waals surface area (Å²) >= 11 is 6.37. The van der Waals surface area contributed by atoms with Crippen molar-refractivity contribution in [3.8, 4) is 11.4 Å². The van der Waals surface area contributed by atoms with Crippen LogP contribution in [0.1, 0.15) is 11.3 Å². The first-order chi connectivity index (χ1) is 12.1. The molecule has 0 saturated carbocycles. The highest BCUT2D eigenvalue weighted by Crippen LogP contribution is 2.36. The van der Waals surface area contributed by atoms with Gasteiger partial charge in [-0.2, -0.15) is 5.10 Å². The van der Waals surface area contributed by atoms with Gasteiger partial charge < -0.3 is 14.6 Å². The van der Waals surface area contributed by atoms with E-state index in [1.807, 2.05) is 24.2 Å². The maximum absolute atomic E-state index is 12.2. The van der Waals surface area contributed by atoms with Gasteiger partial charge in [-0.1, -0.05) is 11.6 Å². The number of aryl methyl sites for hydroxylation is 1. The number of nitrogens with one attached hydrogen (secondary N) is 1. The molecule has 3 aromatic rings. The number of ether oxygens (including phenoxy) is 1. The number of carbonyl (C=O) groups excluding carboxylic acids is 1. The topological polar surface area (TPSA) is 76.0 Å². The number of halogens is 1. The number of aromatic nitrogens is 4. The molecule has 4 rings (SSSR count). The molecule has 1 amide bonds. The lowest BCUT2D eigenvalue weighted by molar-refractivity contribution is -0.136. The summed E-state index contributed by atoms with van der Waals surface area (Å²) in [7, 11) is 3.40. The summed E-state index contributed by atoms with van der Waals surface area (Å²) < 4.78 is 6.72. The average Bonchev–Trinajstić information content (AvgIpc) is 3.19. The molecule has 8 heteroatoms. The number of fused-ring (bicyclic) bond motifs is 3. The molecule has 1 N–H and O–H groups in total. The Hall–Kier alpha value is -2.38. The number of pyridine rings is 1. The molecule has 0 unspecified atom stereocenters. The molecule has 0 atom stereocenters. The van der Waals surface area contributed by atoms with E-state index in [4.69, 9.17) is 16.3 Å². The summed E-state index contributed by atoms with van der Waals surface area (Å²) in [4.78, 5) is 22.0. The number of H-pyrrole nitrogens is 1. The first kappa shape index (κ1) is 16.1.